The van der Waals surface area contributed by atoms with Crippen molar-refractivity contribution < 1.29 is 13.9 Å². The van der Waals surface area contributed by atoms with Crippen LogP contribution in [-0.4, -0.2) is 36.9 Å². The first-order valence-electron chi connectivity index (χ1n) is 5.29. The summed E-state index contributed by atoms with van der Waals surface area (Å²) in [6.07, 6.45) is 1.77. The fourth-order valence-electron chi connectivity index (χ4n) is 1.43. The van der Waals surface area contributed by atoms with Gasteiger partial charge in [0.2, 0.25) is 0 Å². The summed E-state index contributed by atoms with van der Waals surface area (Å²) < 4.78 is 17.8. The quantitative estimate of drug-likeness (QED) is 0.659. The normalized spacial score (nSPS) is 18.3. The van der Waals surface area contributed by atoms with E-state index in [1.165, 1.54) is 0 Å². The monoisotopic (exact) mass is 203 g/mol. The zero-order chi connectivity index (χ0) is 10.4. The van der Waals surface area contributed by atoms with E-state index in [4.69, 9.17) is 4.74 Å². The first-order valence-corrected chi connectivity index (χ1v) is 5.29. The zero-order valence-corrected chi connectivity index (χ0v) is 8.67. The molecule has 0 radical (unpaired) electrons. The Morgan fingerprint density at radius 1 is 1.50 bits per heavy atom. The van der Waals surface area contributed by atoms with Gasteiger partial charge in [-0.3, -0.25) is 0 Å². The molecule has 1 aliphatic rings. The summed E-state index contributed by atoms with van der Waals surface area (Å²) >= 11 is 0. The molecule has 14 heavy (non-hydrogen) atoms. The molecule has 82 valence electrons. The van der Waals surface area contributed by atoms with Gasteiger partial charge in [-0.1, -0.05) is 13.3 Å². The van der Waals surface area contributed by atoms with Crippen LogP contribution in [-0.2, 0) is 4.74 Å². The number of alkyl halides is 1. The number of ether oxygens (including phenoxy) is 1. The van der Waals surface area contributed by atoms with E-state index in [2.05, 4.69) is 0 Å². The van der Waals surface area contributed by atoms with Gasteiger partial charge in [-0.25, -0.2) is 9.18 Å². The average Bonchev–Trinajstić information content (AvgIpc) is 2.19. The lowest BCUT2D eigenvalue weighted by molar-refractivity contribution is 0.0813. The van der Waals surface area contributed by atoms with Crippen molar-refractivity contribution in [2.45, 2.75) is 38.8 Å². The van der Waals surface area contributed by atoms with Crippen LogP contribution in [0.2, 0.25) is 0 Å². The Kier molecular flexibility index (Phi) is 4.70. The second-order valence-electron chi connectivity index (χ2n) is 3.63. The zero-order valence-electron chi connectivity index (χ0n) is 8.67. The number of hydrogen-bond donors (Lipinski definition) is 0. The van der Waals surface area contributed by atoms with Crippen molar-refractivity contribution in [1.82, 2.24) is 4.90 Å². The van der Waals surface area contributed by atoms with Crippen LogP contribution in [0.3, 0.4) is 0 Å². The SMILES string of the molecule is CCCCOC(=O)N1CCC(F)CC1. The maximum absolute atomic E-state index is 12.7. The van der Waals surface area contributed by atoms with Crippen LogP contribution in [0.15, 0.2) is 0 Å². The highest BCUT2D eigenvalue weighted by molar-refractivity contribution is 5.67. The van der Waals surface area contributed by atoms with E-state index in [-0.39, 0.29) is 6.09 Å². The summed E-state index contributed by atoms with van der Waals surface area (Å²) in [6.45, 7) is 3.51. The summed E-state index contributed by atoms with van der Waals surface area (Å²) in [7, 11) is 0. The van der Waals surface area contributed by atoms with E-state index in [1.54, 1.807) is 4.90 Å². The Bertz CT molecular complexity index is 179. The minimum atomic E-state index is -0.741. The second-order valence-corrected chi connectivity index (χ2v) is 3.63. The summed E-state index contributed by atoms with van der Waals surface area (Å²) in [5.41, 5.74) is 0. The molecule has 0 unspecified atom stereocenters. The van der Waals surface area contributed by atoms with Crippen molar-refractivity contribution >= 4 is 6.09 Å². The van der Waals surface area contributed by atoms with E-state index >= 15 is 0 Å². The molecule has 1 aliphatic heterocycles. The largest absolute Gasteiger partial charge is 0.449 e. The molecule has 0 aromatic carbocycles. The van der Waals surface area contributed by atoms with Gasteiger partial charge < -0.3 is 9.64 Å². The van der Waals surface area contributed by atoms with Crippen LogP contribution in [0, 0.1) is 0 Å². The van der Waals surface area contributed by atoms with E-state index < -0.39 is 6.17 Å². The Hall–Kier alpha value is -0.800. The Morgan fingerprint density at radius 2 is 2.14 bits per heavy atom. The predicted octanol–water partition coefficient (Wildman–Crippen LogP) is 2.36. The van der Waals surface area contributed by atoms with E-state index in [0.717, 1.165) is 12.8 Å². The van der Waals surface area contributed by atoms with Gasteiger partial charge in [0, 0.05) is 13.1 Å². The minimum Gasteiger partial charge on any atom is -0.449 e. The number of amides is 1. The van der Waals surface area contributed by atoms with Crippen molar-refractivity contribution in [3.8, 4) is 0 Å². The van der Waals surface area contributed by atoms with Gasteiger partial charge in [-0.2, -0.15) is 0 Å². The minimum absolute atomic E-state index is 0.287. The smallest absolute Gasteiger partial charge is 0.409 e. The number of nitrogens with zero attached hydrogens (tertiary/aromatic N) is 1. The van der Waals surface area contributed by atoms with Gasteiger partial charge in [-0.05, 0) is 19.3 Å². The Labute approximate surface area is 84.2 Å². The number of carbonyl (C=O) groups is 1. The van der Waals surface area contributed by atoms with Crippen molar-refractivity contribution in [3.05, 3.63) is 0 Å². The topological polar surface area (TPSA) is 29.5 Å². The van der Waals surface area contributed by atoms with E-state index in [9.17, 15) is 9.18 Å². The number of hydrogen-bond acceptors (Lipinski definition) is 2. The predicted molar refractivity (Wildman–Crippen MR) is 52.0 cm³/mol. The molecule has 1 rings (SSSR count). The molecule has 0 aromatic heterocycles. The molecule has 1 fully saturated rings. The van der Waals surface area contributed by atoms with Gasteiger partial charge in [0.15, 0.2) is 0 Å². The second kappa shape index (κ2) is 5.83. The van der Waals surface area contributed by atoms with Crippen LogP contribution < -0.4 is 0 Å². The standard InChI is InChI=1S/C10H18FNO2/c1-2-3-8-14-10(13)12-6-4-9(11)5-7-12/h9H,2-8H2,1H3. The third kappa shape index (κ3) is 3.52. The number of carbonyl (C=O) groups excluding carboxylic acids is 1. The van der Waals surface area contributed by atoms with Crippen LogP contribution >= 0.6 is 0 Å². The summed E-state index contributed by atoms with van der Waals surface area (Å²) in [4.78, 5) is 12.9. The lowest BCUT2D eigenvalue weighted by atomic mass is 10.1. The molecule has 0 bridgehead atoms. The number of piperidine rings is 1. The molecule has 1 heterocycles. The maximum atomic E-state index is 12.7. The van der Waals surface area contributed by atoms with Crippen molar-refractivity contribution in [3.63, 3.8) is 0 Å². The fourth-order valence-corrected chi connectivity index (χ4v) is 1.43. The molecular weight excluding hydrogens is 185 g/mol. The molecule has 0 N–H and O–H groups in total. The highest BCUT2D eigenvalue weighted by Crippen LogP contribution is 2.13. The molecule has 1 saturated heterocycles. The molecule has 3 nitrogen and oxygen atoms in total. The first-order chi connectivity index (χ1) is 6.74. The first kappa shape index (κ1) is 11.3. The van der Waals surface area contributed by atoms with Crippen LogP contribution in [0.5, 0.6) is 0 Å². The molecule has 0 aliphatic carbocycles. The van der Waals surface area contributed by atoms with Crippen LogP contribution in [0.1, 0.15) is 32.6 Å². The lowest BCUT2D eigenvalue weighted by Gasteiger charge is -2.27. The third-order valence-corrected chi connectivity index (χ3v) is 2.41. The molecule has 0 spiro atoms. The highest BCUT2D eigenvalue weighted by Gasteiger charge is 2.22. The molecule has 0 saturated carbocycles. The van der Waals surface area contributed by atoms with Gasteiger partial charge in [0.25, 0.3) is 0 Å². The van der Waals surface area contributed by atoms with Gasteiger partial charge in [-0.15, -0.1) is 0 Å². The molecular formula is C10H18FNO2. The van der Waals surface area contributed by atoms with E-state index in [1.807, 2.05) is 6.92 Å². The summed E-state index contributed by atoms with van der Waals surface area (Å²) in [5, 5.41) is 0. The van der Waals surface area contributed by atoms with Crippen molar-refractivity contribution in [1.29, 1.82) is 0 Å². The number of unbranched alkanes of at least 4 members (excludes halogenated alkanes) is 1. The molecule has 0 aromatic rings. The lowest BCUT2D eigenvalue weighted by Crippen LogP contribution is -2.39. The maximum Gasteiger partial charge on any atom is 0.409 e. The Morgan fingerprint density at radius 3 is 2.71 bits per heavy atom. The molecule has 0 atom stereocenters. The van der Waals surface area contributed by atoms with Gasteiger partial charge in [0.1, 0.15) is 6.17 Å². The van der Waals surface area contributed by atoms with Gasteiger partial charge in [0.05, 0.1) is 6.61 Å². The number of rotatable bonds is 3. The average molecular weight is 203 g/mol. The van der Waals surface area contributed by atoms with E-state index in [0.29, 0.717) is 32.5 Å². The van der Waals surface area contributed by atoms with Crippen molar-refractivity contribution in [2.75, 3.05) is 19.7 Å². The van der Waals surface area contributed by atoms with Crippen molar-refractivity contribution in [2.24, 2.45) is 0 Å². The summed E-state index contributed by atoms with van der Waals surface area (Å²) in [5.74, 6) is 0. The Balaban J connectivity index is 2.17. The fraction of sp³-hybridized carbons (Fsp3) is 0.900. The summed E-state index contributed by atoms with van der Waals surface area (Å²) in [6, 6.07) is 0. The van der Waals surface area contributed by atoms with Crippen LogP contribution in [0.25, 0.3) is 0 Å². The van der Waals surface area contributed by atoms with Crippen LogP contribution in [0.4, 0.5) is 9.18 Å². The van der Waals surface area contributed by atoms with Gasteiger partial charge >= 0.3 is 6.09 Å². The number of likely N-dealkylation sites (tertiary alicyclic amines) is 1. The number of halogens is 1. The molecule has 1 amide bonds. The third-order valence-electron chi connectivity index (χ3n) is 2.41. The highest BCUT2D eigenvalue weighted by atomic mass is 19.1. The molecule has 4 heteroatoms.